The Labute approximate surface area is 158 Å². The average molecular weight is 374 g/mol. The van der Waals surface area contributed by atoms with Crippen LogP contribution in [-0.2, 0) is 9.59 Å². The summed E-state index contributed by atoms with van der Waals surface area (Å²) in [5, 5.41) is 3.20. The number of rotatable bonds is 6. The molecule has 3 N–H and O–H groups in total. The predicted molar refractivity (Wildman–Crippen MR) is 104 cm³/mol. The third-order valence-corrected chi connectivity index (χ3v) is 5.99. The van der Waals surface area contributed by atoms with Crippen molar-refractivity contribution >= 4 is 24.2 Å². The number of nitrogens with zero attached hydrogens (tertiary/aromatic N) is 1. The van der Waals surface area contributed by atoms with Crippen molar-refractivity contribution in [3.63, 3.8) is 0 Å². The molecule has 0 aliphatic heterocycles. The highest BCUT2D eigenvalue weighted by Crippen LogP contribution is 2.28. The molecule has 2 saturated carbocycles. The Balaban J connectivity index is 0.00000312. The van der Waals surface area contributed by atoms with Gasteiger partial charge in [-0.05, 0) is 51.4 Å². The van der Waals surface area contributed by atoms with Gasteiger partial charge >= 0.3 is 0 Å². The molecule has 1 unspecified atom stereocenters. The van der Waals surface area contributed by atoms with E-state index in [0.717, 1.165) is 25.7 Å². The van der Waals surface area contributed by atoms with Crippen LogP contribution in [0, 0.1) is 11.8 Å². The third-order valence-electron chi connectivity index (χ3n) is 5.99. The fourth-order valence-electron chi connectivity index (χ4n) is 4.09. The minimum absolute atomic E-state index is 0. The van der Waals surface area contributed by atoms with E-state index in [2.05, 4.69) is 5.32 Å². The number of amides is 2. The molecule has 0 heterocycles. The zero-order chi connectivity index (χ0) is 17.5. The van der Waals surface area contributed by atoms with Gasteiger partial charge in [0.15, 0.2) is 0 Å². The van der Waals surface area contributed by atoms with Crippen LogP contribution < -0.4 is 11.1 Å². The van der Waals surface area contributed by atoms with Crippen molar-refractivity contribution < 1.29 is 9.59 Å². The second kappa shape index (κ2) is 11.0. The summed E-state index contributed by atoms with van der Waals surface area (Å²) < 4.78 is 0. The van der Waals surface area contributed by atoms with Crippen molar-refractivity contribution in [2.24, 2.45) is 17.6 Å². The Morgan fingerprint density at radius 2 is 1.68 bits per heavy atom. The average Bonchev–Trinajstić information content (AvgIpc) is 2.61. The van der Waals surface area contributed by atoms with Crippen LogP contribution >= 0.6 is 12.4 Å². The summed E-state index contributed by atoms with van der Waals surface area (Å²) >= 11 is 0. The Bertz CT molecular complexity index is 419. The first kappa shape index (κ1) is 22.2. The quantitative estimate of drug-likeness (QED) is 0.751. The molecule has 0 aromatic carbocycles. The fraction of sp³-hybridized carbons (Fsp3) is 0.895. The van der Waals surface area contributed by atoms with Gasteiger partial charge in [0.2, 0.25) is 11.8 Å². The molecule has 25 heavy (non-hydrogen) atoms. The van der Waals surface area contributed by atoms with E-state index in [1.165, 1.54) is 32.1 Å². The summed E-state index contributed by atoms with van der Waals surface area (Å²) in [7, 11) is 1.85. The molecule has 2 fully saturated rings. The minimum atomic E-state index is 0. The van der Waals surface area contributed by atoms with Crippen molar-refractivity contribution in [2.75, 3.05) is 13.6 Å². The van der Waals surface area contributed by atoms with E-state index in [1.807, 2.05) is 14.0 Å². The van der Waals surface area contributed by atoms with Crippen LogP contribution in [-0.4, -0.2) is 42.4 Å². The molecule has 0 radical (unpaired) electrons. The number of likely N-dealkylation sites (N-methyl/N-ethyl adjacent to an activating group) is 1. The lowest BCUT2D eigenvalue weighted by Gasteiger charge is -2.33. The lowest BCUT2D eigenvalue weighted by Crippen LogP contribution is -2.45. The monoisotopic (exact) mass is 373 g/mol. The van der Waals surface area contributed by atoms with Gasteiger partial charge in [0.1, 0.15) is 0 Å². The molecule has 146 valence electrons. The van der Waals surface area contributed by atoms with Crippen molar-refractivity contribution in [1.29, 1.82) is 0 Å². The Kier molecular flexibility index (Phi) is 9.80. The highest BCUT2D eigenvalue weighted by molar-refractivity contribution is 5.85. The standard InChI is InChI=1S/C19H35N3O2.ClH/c1-14(13-20)22(2)19(24)16-8-10-17(11-9-16)21-18(23)12-15-6-4-3-5-7-15;/h14-17H,3-13,20H2,1-2H3,(H,21,23);1H. The largest absolute Gasteiger partial charge is 0.353 e. The zero-order valence-corrected chi connectivity index (χ0v) is 16.7. The highest BCUT2D eigenvalue weighted by Gasteiger charge is 2.30. The van der Waals surface area contributed by atoms with Gasteiger partial charge in [0, 0.05) is 38.0 Å². The smallest absolute Gasteiger partial charge is 0.225 e. The molecule has 0 spiro atoms. The van der Waals surface area contributed by atoms with E-state index >= 15 is 0 Å². The van der Waals surface area contributed by atoms with Crippen LogP contribution in [0.5, 0.6) is 0 Å². The summed E-state index contributed by atoms with van der Waals surface area (Å²) in [6.07, 6.45) is 10.6. The lowest BCUT2D eigenvalue weighted by atomic mass is 9.84. The molecule has 2 aliphatic carbocycles. The van der Waals surface area contributed by atoms with E-state index < -0.39 is 0 Å². The Morgan fingerprint density at radius 3 is 2.24 bits per heavy atom. The highest BCUT2D eigenvalue weighted by atomic mass is 35.5. The molecular formula is C19H36ClN3O2. The van der Waals surface area contributed by atoms with Crippen LogP contribution in [0.15, 0.2) is 0 Å². The fourth-order valence-corrected chi connectivity index (χ4v) is 4.09. The topological polar surface area (TPSA) is 75.4 Å². The summed E-state index contributed by atoms with van der Waals surface area (Å²) in [6.45, 7) is 2.48. The number of nitrogens with two attached hydrogens (primary N) is 1. The van der Waals surface area contributed by atoms with Gasteiger partial charge in [-0.3, -0.25) is 9.59 Å². The predicted octanol–water partition coefficient (Wildman–Crippen LogP) is 2.86. The van der Waals surface area contributed by atoms with Gasteiger partial charge in [-0.2, -0.15) is 0 Å². The minimum Gasteiger partial charge on any atom is -0.353 e. The maximum Gasteiger partial charge on any atom is 0.225 e. The van der Waals surface area contributed by atoms with E-state index in [-0.39, 0.29) is 42.2 Å². The van der Waals surface area contributed by atoms with E-state index in [4.69, 9.17) is 5.73 Å². The van der Waals surface area contributed by atoms with Crippen molar-refractivity contribution in [3.05, 3.63) is 0 Å². The van der Waals surface area contributed by atoms with E-state index in [9.17, 15) is 9.59 Å². The number of nitrogens with one attached hydrogen (secondary N) is 1. The SMILES string of the molecule is CC(CN)N(C)C(=O)C1CCC(NC(=O)CC2CCCCC2)CC1.Cl. The Hall–Kier alpha value is -0.810. The normalized spacial score (nSPS) is 25.6. The first-order valence-electron chi connectivity index (χ1n) is 9.77. The third kappa shape index (κ3) is 6.78. The van der Waals surface area contributed by atoms with E-state index in [0.29, 0.717) is 18.9 Å². The van der Waals surface area contributed by atoms with Crippen LogP contribution in [0.25, 0.3) is 0 Å². The van der Waals surface area contributed by atoms with Gasteiger partial charge in [-0.15, -0.1) is 12.4 Å². The molecule has 2 rings (SSSR count). The molecule has 6 heteroatoms. The molecule has 0 saturated heterocycles. The van der Waals surface area contributed by atoms with Crippen LogP contribution in [0.1, 0.15) is 71.1 Å². The lowest BCUT2D eigenvalue weighted by molar-refractivity contribution is -0.137. The molecule has 2 aliphatic rings. The second-order valence-electron chi connectivity index (χ2n) is 7.86. The van der Waals surface area contributed by atoms with Gasteiger partial charge < -0.3 is 16.0 Å². The number of halogens is 1. The molecule has 2 amide bonds. The second-order valence-corrected chi connectivity index (χ2v) is 7.86. The number of carbonyl (C=O) groups is 2. The first-order valence-corrected chi connectivity index (χ1v) is 9.77. The van der Waals surface area contributed by atoms with Gasteiger partial charge in [0.25, 0.3) is 0 Å². The van der Waals surface area contributed by atoms with Crippen LogP contribution in [0.3, 0.4) is 0 Å². The molecule has 0 aromatic rings. The molecule has 1 atom stereocenters. The molecular weight excluding hydrogens is 338 g/mol. The van der Waals surface area contributed by atoms with Crippen LogP contribution in [0.4, 0.5) is 0 Å². The summed E-state index contributed by atoms with van der Waals surface area (Å²) in [5.41, 5.74) is 5.65. The molecule has 0 bridgehead atoms. The molecule has 0 aromatic heterocycles. The maximum atomic E-state index is 12.5. The summed E-state index contributed by atoms with van der Waals surface area (Å²) in [4.78, 5) is 26.5. The Morgan fingerprint density at radius 1 is 1.08 bits per heavy atom. The van der Waals surface area contributed by atoms with Crippen LogP contribution in [0.2, 0.25) is 0 Å². The molecule has 5 nitrogen and oxygen atoms in total. The first-order chi connectivity index (χ1) is 11.5. The van der Waals surface area contributed by atoms with E-state index in [1.54, 1.807) is 4.90 Å². The zero-order valence-electron chi connectivity index (χ0n) is 15.8. The number of carbonyl (C=O) groups excluding carboxylic acids is 2. The maximum absolute atomic E-state index is 12.5. The van der Waals surface area contributed by atoms with Gasteiger partial charge in [-0.25, -0.2) is 0 Å². The van der Waals surface area contributed by atoms with Gasteiger partial charge in [0.05, 0.1) is 0 Å². The van der Waals surface area contributed by atoms with Gasteiger partial charge in [-0.1, -0.05) is 19.3 Å². The summed E-state index contributed by atoms with van der Waals surface area (Å²) in [6, 6.07) is 0.341. The summed E-state index contributed by atoms with van der Waals surface area (Å²) in [5.74, 6) is 1.10. The van der Waals surface area contributed by atoms with Crippen molar-refractivity contribution in [2.45, 2.75) is 83.2 Å². The number of hydrogen-bond acceptors (Lipinski definition) is 3. The van der Waals surface area contributed by atoms with Crippen molar-refractivity contribution in [3.8, 4) is 0 Å². The number of hydrogen-bond donors (Lipinski definition) is 2. The van der Waals surface area contributed by atoms with Crippen molar-refractivity contribution in [1.82, 2.24) is 10.2 Å².